The number of nitrogens with one attached hydrogen (secondary N) is 1. The van der Waals surface area contributed by atoms with Gasteiger partial charge >= 0.3 is 0 Å². The maximum atomic E-state index is 12.3. The number of hydrogen-bond acceptors (Lipinski definition) is 8. The summed E-state index contributed by atoms with van der Waals surface area (Å²) < 4.78 is 5.44. The van der Waals surface area contributed by atoms with Gasteiger partial charge < -0.3 is 19.6 Å². The number of anilines is 3. The van der Waals surface area contributed by atoms with Gasteiger partial charge in [0, 0.05) is 32.9 Å². The molecule has 1 aliphatic heterocycles. The number of carbonyl (C=O) groups excluding carboxylic acids is 1. The lowest BCUT2D eigenvalue weighted by molar-refractivity contribution is 0.102. The first-order chi connectivity index (χ1) is 14.1. The average Bonchev–Trinajstić information content (AvgIpc) is 3.25. The van der Waals surface area contributed by atoms with Gasteiger partial charge in [0.1, 0.15) is 0 Å². The molecule has 1 N–H and O–H groups in total. The SMILES string of the molecule is CN(C)c1noc(C2CCCN(c3ccc(C(=O)Nc4ccccc4)nn3)C2)n1. The number of rotatable bonds is 5. The van der Waals surface area contributed by atoms with Crippen molar-refractivity contribution in [3.63, 3.8) is 0 Å². The lowest BCUT2D eigenvalue weighted by Crippen LogP contribution is -2.35. The number of amides is 1. The van der Waals surface area contributed by atoms with Crippen molar-refractivity contribution in [3.05, 3.63) is 54.0 Å². The Kier molecular flexibility index (Phi) is 5.37. The summed E-state index contributed by atoms with van der Waals surface area (Å²) in [5, 5.41) is 15.2. The lowest BCUT2D eigenvalue weighted by atomic mass is 9.98. The third-order valence-corrected chi connectivity index (χ3v) is 4.84. The highest BCUT2D eigenvalue weighted by Crippen LogP contribution is 2.29. The fourth-order valence-corrected chi connectivity index (χ4v) is 3.29. The molecule has 9 heteroatoms. The topological polar surface area (TPSA) is 100 Å². The molecule has 4 rings (SSSR count). The van der Waals surface area contributed by atoms with Crippen LogP contribution in [-0.2, 0) is 0 Å². The largest absolute Gasteiger partial charge is 0.354 e. The van der Waals surface area contributed by atoms with E-state index in [-0.39, 0.29) is 17.5 Å². The number of piperidine rings is 1. The number of nitrogens with zero attached hydrogens (tertiary/aromatic N) is 6. The van der Waals surface area contributed by atoms with Gasteiger partial charge in [-0.15, -0.1) is 10.2 Å². The fourth-order valence-electron chi connectivity index (χ4n) is 3.29. The quantitative estimate of drug-likeness (QED) is 0.706. The molecule has 3 aromatic rings. The predicted molar refractivity (Wildman–Crippen MR) is 109 cm³/mol. The van der Waals surface area contributed by atoms with Gasteiger partial charge in [-0.2, -0.15) is 4.98 Å². The molecule has 2 aromatic heterocycles. The van der Waals surface area contributed by atoms with E-state index in [1.807, 2.05) is 55.4 Å². The van der Waals surface area contributed by atoms with Gasteiger partial charge in [-0.25, -0.2) is 0 Å². The summed E-state index contributed by atoms with van der Waals surface area (Å²) >= 11 is 0. The summed E-state index contributed by atoms with van der Waals surface area (Å²) in [5.74, 6) is 1.82. The Bertz CT molecular complexity index is 956. The molecule has 0 bridgehead atoms. The minimum atomic E-state index is -0.283. The Morgan fingerprint density at radius 3 is 2.69 bits per heavy atom. The lowest BCUT2D eigenvalue weighted by Gasteiger charge is -2.31. The van der Waals surface area contributed by atoms with E-state index in [1.54, 1.807) is 6.07 Å². The summed E-state index contributed by atoms with van der Waals surface area (Å²) in [5.41, 5.74) is 0.998. The molecular weight excluding hydrogens is 370 g/mol. The van der Waals surface area contributed by atoms with E-state index in [0.717, 1.165) is 37.4 Å². The zero-order chi connectivity index (χ0) is 20.2. The van der Waals surface area contributed by atoms with Crippen LogP contribution in [0.4, 0.5) is 17.5 Å². The van der Waals surface area contributed by atoms with Crippen LogP contribution in [0.3, 0.4) is 0 Å². The standard InChI is InChI=1S/C20H23N7O2/c1-26(2)20-22-19(29-25-20)14-7-6-12-27(13-14)17-11-10-16(23-24-17)18(28)21-15-8-4-3-5-9-15/h3-5,8-11,14H,6-7,12-13H2,1-2H3,(H,21,28). The van der Waals surface area contributed by atoms with Crippen molar-refractivity contribution < 1.29 is 9.32 Å². The van der Waals surface area contributed by atoms with Gasteiger partial charge in [0.2, 0.25) is 5.89 Å². The molecule has 0 spiro atoms. The van der Waals surface area contributed by atoms with Crippen LogP contribution < -0.4 is 15.1 Å². The van der Waals surface area contributed by atoms with Gasteiger partial charge in [-0.1, -0.05) is 18.2 Å². The van der Waals surface area contributed by atoms with Crippen molar-refractivity contribution in [1.82, 2.24) is 20.3 Å². The van der Waals surface area contributed by atoms with Crippen LogP contribution in [0.15, 0.2) is 47.0 Å². The molecule has 150 valence electrons. The molecule has 0 radical (unpaired) electrons. The second-order valence-corrected chi connectivity index (χ2v) is 7.21. The number of para-hydroxylation sites is 1. The fraction of sp³-hybridized carbons (Fsp3) is 0.350. The van der Waals surface area contributed by atoms with Crippen LogP contribution in [0.25, 0.3) is 0 Å². The number of aromatic nitrogens is 4. The van der Waals surface area contributed by atoms with Crippen LogP contribution in [-0.4, -0.2) is 53.4 Å². The van der Waals surface area contributed by atoms with Crippen molar-refractivity contribution in [2.24, 2.45) is 0 Å². The molecule has 0 saturated carbocycles. The molecule has 3 heterocycles. The molecule has 1 amide bonds. The first-order valence-corrected chi connectivity index (χ1v) is 9.56. The first kappa shape index (κ1) is 18.9. The Labute approximate surface area is 168 Å². The molecule has 1 atom stereocenters. The van der Waals surface area contributed by atoms with Crippen molar-refractivity contribution in [1.29, 1.82) is 0 Å². The zero-order valence-corrected chi connectivity index (χ0v) is 16.4. The third kappa shape index (κ3) is 4.34. The summed E-state index contributed by atoms with van der Waals surface area (Å²) in [6.45, 7) is 1.59. The average molecular weight is 393 g/mol. The Hall–Kier alpha value is -3.49. The van der Waals surface area contributed by atoms with E-state index >= 15 is 0 Å². The third-order valence-electron chi connectivity index (χ3n) is 4.84. The summed E-state index contributed by atoms with van der Waals surface area (Å²) in [7, 11) is 3.76. The monoisotopic (exact) mass is 393 g/mol. The minimum absolute atomic E-state index is 0.146. The van der Waals surface area contributed by atoms with Gasteiger partial charge in [0.25, 0.3) is 11.9 Å². The molecule has 0 aliphatic carbocycles. The molecule has 1 unspecified atom stereocenters. The minimum Gasteiger partial charge on any atom is -0.354 e. The molecule has 1 fully saturated rings. The maximum Gasteiger partial charge on any atom is 0.276 e. The Morgan fingerprint density at radius 1 is 1.17 bits per heavy atom. The second kappa shape index (κ2) is 8.26. The van der Waals surface area contributed by atoms with E-state index in [4.69, 9.17) is 4.52 Å². The normalized spacial score (nSPS) is 16.5. The number of hydrogen-bond donors (Lipinski definition) is 1. The highest BCUT2D eigenvalue weighted by molar-refractivity contribution is 6.02. The van der Waals surface area contributed by atoms with E-state index in [2.05, 4.69) is 30.6 Å². The van der Waals surface area contributed by atoms with Crippen molar-refractivity contribution in [2.75, 3.05) is 42.3 Å². The second-order valence-electron chi connectivity index (χ2n) is 7.21. The van der Waals surface area contributed by atoms with Crippen molar-refractivity contribution in [2.45, 2.75) is 18.8 Å². The van der Waals surface area contributed by atoms with Crippen molar-refractivity contribution in [3.8, 4) is 0 Å². The first-order valence-electron chi connectivity index (χ1n) is 9.56. The van der Waals surface area contributed by atoms with Crippen LogP contribution in [0.2, 0.25) is 0 Å². The van der Waals surface area contributed by atoms with E-state index in [9.17, 15) is 4.79 Å². The molecule has 29 heavy (non-hydrogen) atoms. The van der Waals surface area contributed by atoms with Crippen LogP contribution in [0.1, 0.15) is 35.1 Å². The highest BCUT2D eigenvalue weighted by Gasteiger charge is 2.27. The molecular formula is C20H23N7O2. The molecule has 1 aromatic carbocycles. The number of carbonyl (C=O) groups is 1. The van der Waals surface area contributed by atoms with Gasteiger partial charge in [0.05, 0.1) is 5.92 Å². The van der Waals surface area contributed by atoms with Crippen LogP contribution in [0.5, 0.6) is 0 Å². The van der Waals surface area contributed by atoms with E-state index in [1.165, 1.54) is 0 Å². The smallest absolute Gasteiger partial charge is 0.276 e. The van der Waals surface area contributed by atoms with Gasteiger partial charge in [0.15, 0.2) is 11.5 Å². The number of benzene rings is 1. The molecule has 1 aliphatic rings. The maximum absolute atomic E-state index is 12.3. The van der Waals surface area contributed by atoms with Crippen LogP contribution in [0, 0.1) is 0 Å². The summed E-state index contributed by atoms with van der Waals surface area (Å²) in [4.78, 5) is 20.8. The van der Waals surface area contributed by atoms with E-state index < -0.39 is 0 Å². The summed E-state index contributed by atoms with van der Waals surface area (Å²) in [6.07, 6.45) is 1.97. The molecule has 9 nitrogen and oxygen atoms in total. The van der Waals surface area contributed by atoms with Crippen LogP contribution >= 0.6 is 0 Å². The predicted octanol–water partition coefficient (Wildman–Crippen LogP) is 2.56. The molecule has 1 saturated heterocycles. The highest BCUT2D eigenvalue weighted by atomic mass is 16.5. The summed E-state index contributed by atoms with van der Waals surface area (Å²) in [6, 6.07) is 12.8. The Morgan fingerprint density at radius 2 is 2.00 bits per heavy atom. The Balaban J connectivity index is 1.42. The van der Waals surface area contributed by atoms with Gasteiger partial charge in [-0.05, 0) is 42.3 Å². The van der Waals surface area contributed by atoms with Gasteiger partial charge in [-0.3, -0.25) is 4.79 Å². The van der Waals surface area contributed by atoms with Crippen molar-refractivity contribution >= 4 is 23.4 Å². The van der Waals surface area contributed by atoms with E-state index in [0.29, 0.717) is 11.8 Å². The zero-order valence-electron chi connectivity index (χ0n) is 16.4.